The second-order valence-corrected chi connectivity index (χ2v) is 13.2. The molecule has 46 heavy (non-hydrogen) atoms. The Bertz CT molecular complexity index is 2480. The summed E-state index contributed by atoms with van der Waals surface area (Å²) in [5.74, 6) is 0.979. The Labute approximate surface area is 269 Å². The monoisotopic (exact) mass is 587 g/mol. The van der Waals surface area contributed by atoms with Gasteiger partial charge in [0.1, 0.15) is 0 Å². The van der Waals surface area contributed by atoms with Crippen LogP contribution in [0, 0.1) is 0 Å². The van der Waals surface area contributed by atoms with Gasteiger partial charge in [-0.3, -0.25) is 0 Å². The van der Waals surface area contributed by atoms with Crippen molar-refractivity contribution in [3.63, 3.8) is 0 Å². The Balaban J connectivity index is 1.12. The average molecular weight is 588 g/mol. The van der Waals surface area contributed by atoms with E-state index in [0.717, 1.165) is 6.42 Å². The molecule has 2 aromatic heterocycles. The van der Waals surface area contributed by atoms with E-state index in [4.69, 9.17) is 0 Å². The molecule has 0 spiro atoms. The van der Waals surface area contributed by atoms with Crippen LogP contribution in [0.1, 0.15) is 64.6 Å². The number of benzene rings is 6. The minimum Gasteiger partial charge on any atom is -0.308 e. The van der Waals surface area contributed by atoms with Gasteiger partial charge in [-0.1, -0.05) is 146 Å². The highest BCUT2D eigenvalue weighted by atomic mass is 14.9. The van der Waals surface area contributed by atoms with Gasteiger partial charge in [-0.25, -0.2) is 0 Å². The Hall–Kier alpha value is -5.40. The van der Waals surface area contributed by atoms with Crippen LogP contribution in [0.15, 0.2) is 146 Å². The summed E-state index contributed by atoms with van der Waals surface area (Å²) in [6.45, 7) is 2.42. The molecule has 8 aromatic rings. The van der Waals surface area contributed by atoms with E-state index < -0.39 is 0 Å². The largest absolute Gasteiger partial charge is 0.308 e. The molecule has 0 radical (unpaired) electrons. The maximum atomic E-state index is 2.53. The Morgan fingerprint density at radius 1 is 0.565 bits per heavy atom. The van der Waals surface area contributed by atoms with Gasteiger partial charge in [-0.15, -0.1) is 0 Å². The van der Waals surface area contributed by atoms with Gasteiger partial charge in [-0.05, 0) is 74.6 Å². The zero-order valence-corrected chi connectivity index (χ0v) is 25.8. The van der Waals surface area contributed by atoms with Gasteiger partial charge < -0.3 is 4.40 Å². The third kappa shape index (κ3) is 3.57. The summed E-state index contributed by atoms with van der Waals surface area (Å²) < 4.78 is 2.52. The molecule has 0 fully saturated rings. The van der Waals surface area contributed by atoms with E-state index in [-0.39, 0.29) is 0 Å². The molecule has 1 nitrogen and oxygen atoms in total. The lowest BCUT2D eigenvalue weighted by atomic mass is 9.68. The fourth-order valence-electron chi connectivity index (χ4n) is 8.91. The molecular formula is C45H33N. The molecule has 2 heterocycles. The molecule has 0 N–H and O–H groups in total. The lowest BCUT2D eigenvalue weighted by Gasteiger charge is -2.35. The average Bonchev–Trinajstić information content (AvgIpc) is 3.65. The molecular weight excluding hydrogens is 555 g/mol. The van der Waals surface area contributed by atoms with E-state index in [9.17, 15) is 0 Å². The van der Waals surface area contributed by atoms with Crippen molar-refractivity contribution in [1.82, 2.24) is 4.40 Å². The zero-order chi connectivity index (χ0) is 30.4. The third-order valence-electron chi connectivity index (χ3n) is 10.9. The van der Waals surface area contributed by atoms with Crippen LogP contribution in [0.3, 0.4) is 0 Å². The molecule has 3 unspecified atom stereocenters. The predicted molar refractivity (Wildman–Crippen MR) is 193 cm³/mol. The van der Waals surface area contributed by atoms with Crippen molar-refractivity contribution in [1.29, 1.82) is 0 Å². The summed E-state index contributed by atoms with van der Waals surface area (Å²) in [5.41, 5.74) is 16.5. The van der Waals surface area contributed by atoms with Crippen molar-refractivity contribution in [2.75, 3.05) is 0 Å². The molecule has 10 rings (SSSR count). The number of para-hydroxylation sites is 2. The Morgan fingerprint density at radius 2 is 1.33 bits per heavy atom. The van der Waals surface area contributed by atoms with Crippen molar-refractivity contribution in [3.8, 4) is 22.3 Å². The first kappa shape index (κ1) is 25.9. The van der Waals surface area contributed by atoms with Crippen molar-refractivity contribution < 1.29 is 0 Å². The quantitative estimate of drug-likeness (QED) is 0.194. The zero-order valence-electron chi connectivity index (χ0n) is 25.8. The van der Waals surface area contributed by atoms with E-state index in [1.807, 2.05) is 0 Å². The van der Waals surface area contributed by atoms with Crippen LogP contribution in [0.2, 0.25) is 0 Å². The topological polar surface area (TPSA) is 4.41 Å². The van der Waals surface area contributed by atoms with Crippen LogP contribution < -0.4 is 0 Å². The standard InChI is InChI=1S/C45H33N/c1-28-33-25-24-31(34-19-11-23-42-44(34)39-21-10-20-38-36-17-7-8-22-41(36)46(42)45(38)39)27-40(33)35-16-5-6-18-37(35)43(28)32-15-9-14-30(26-32)29-12-3-2-4-13-29/h2-18,20-28,34,43H,19H2,1H3. The molecule has 0 bridgehead atoms. The second-order valence-electron chi connectivity index (χ2n) is 13.2. The maximum Gasteiger partial charge on any atom is 0.0617 e. The summed E-state index contributed by atoms with van der Waals surface area (Å²) in [4.78, 5) is 0. The van der Waals surface area contributed by atoms with E-state index in [1.165, 1.54) is 83.0 Å². The first-order valence-electron chi connectivity index (χ1n) is 16.6. The summed E-state index contributed by atoms with van der Waals surface area (Å²) in [5, 5.41) is 4.08. The third-order valence-corrected chi connectivity index (χ3v) is 10.9. The molecule has 2 aliphatic carbocycles. The van der Waals surface area contributed by atoms with Gasteiger partial charge in [0.25, 0.3) is 0 Å². The minimum absolute atomic E-state index is 0.303. The number of hydrogen-bond acceptors (Lipinski definition) is 0. The van der Waals surface area contributed by atoms with Gasteiger partial charge in [0, 0.05) is 28.0 Å². The number of allylic oxidation sites excluding steroid dienone is 1. The van der Waals surface area contributed by atoms with Crippen LogP contribution in [-0.2, 0) is 0 Å². The van der Waals surface area contributed by atoms with Crippen molar-refractivity contribution >= 4 is 33.3 Å². The van der Waals surface area contributed by atoms with E-state index >= 15 is 0 Å². The first-order valence-corrected chi connectivity index (χ1v) is 16.6. The van der Waals surface area contributed by atoms with Crippen LogP contribution in [-0.4, -0.2) is 4.40 Å². The molecule has 3 atom stereocenters. The molecule has 0 aliphatic heterocycles. The highest BCUT2D eigenvalue weighted by Crippen LogP contribution is 2.52. The molecule has 218 valence electrons. The number of hydrogen-bond donors (Lipinski definition) is 0. The molecule has 2 aliphatic rings. The van der Waals surface area contributed by atoms with Gasteiger partial charge in [0.2, 0.25) is 0 Å². The maximum absolute atomic E-state index is 2.53. The van der Waals surface area contributed by atoms with Gasteiger partial charge in [0.05, 0.1) is 16.7 Å². The minimum atomic E-state index is 0.303. The summed E-state index contributed by atoms with van der Waals surface area (Å²) in [6, 6.07) is 52.3. The molecule has 0 saturated carbocycles. The molecule has 1 heteroatoms. The summed E-state index contributed by atoms with van der Waals surface area (Å²) in [7, 11) is 0. The normalized spacial score (nSPS) is 18.6. The van der Waals surface area contributed by atoms with Crippen LogP contribution in [0.5, 0.6) is 0 Å². The number of rotatable bonds is 3. The van der Waals surface area contributed by atoms with E-state index in [1.54, 1.807) is 0 Å². The molecule has 0 saturated heterocycles. The van der Waals surface area contributed by atoms with Gasteiger partial charge in [-0.2, -0.15) is 0 Å². The fourth-order valence-corrected chi connectivity index (χ4v) is 8.91. The smallest absolute Gasteiger partial charge is 0.0617 e. The van der Waals surface area contributed by atoms with E-state index in [2.05, 4.69) is 163 Å². The first-order chi connectivity index (χ1) is 22.8. The lowest BCUT2D eigenvalue weighted by molar-refractivity contribution is 0.649. The second kappa shape index (κ2) is 9.80. The van der Waals surface area contributed by atoms with Gasteiger partial charge >= 0.3 is 0 Å². The highest BCUT2D eigenvalue weighted by Gasteiger charge is 2.34. The van der Waals surface area contributed by atoms with Crippen molar-refractivity contribution in [3.05, 3.63) is 179 Å². The van der Waals surface area contributed by atoms with Crippen molar-refractivity contribution in [2.24, 2.45) is 0 Å². The van der Waals surface area contributed by atoms with Crippen LogP contribution in [0.25, 0.3) is 55.5 Å². The number of aromatic nitrogens is 1. The highest BCUT2D eigenvalue weighted by molar-refractivity contribution is 6.16. The fraction of sp³-hybridized carbons (Fsp3) is 0.111. The molecule has 0 amide bonds. The summed E-state index contributed by atoms with van der Waals surface area (Å²) in [6.07, 6.45) is 5.77. The SMILES string of the molecule is CC1c2ccc(C3CC=Cc4c3c3cccc5c6ccccc6n4c35)cc2-c2ccccc2C1c1cccc(-c2ccccc2)c1. The van der Waals surface area contributed by atoms with Gasteiger partial charge in [0.15, 0.2) is 0 Å². The Kier molecular flexibility index (Phi) is 5.51. The predicted octanol–water partition coefficient (Wildman–Crippen LogP) is 11.8. The summed E-state index contributed by atoms with van der Waals surface area (Å²) >= 11 is 0. The van der Waals surface area contributed by atoms with E-state index in [0.29, 0.717) is 17.8 Å². The van der Waals surface area contributed by atoms with Crippen LogP contribution >= 0.6 is 0 Å². The number of fused-ring (bicyclic) bond motifs is 9. The molecule has 6 aromatic carbocycles. The number of nitrogens with zero attached hydrogens (tertiary/aromatic N) is 1. The van der Waals surface area contributed by atoms with Crippen LogP contribution in [0.4, 0.5) is 0 Å². The van der Waals surface area contributed by atoms with Crippen molar-refractivity contribution in [2.45, 2.75) is 31.1 Å². The lowest BCUT2D eigenvalue weighted by Crippen LogP contribution is -2.17. The Morgan fingerprint density at radius 3 is 2.26 bits per heavy atom.